The maximum Gasteiger partial charge on any atom is 0.306 e. The highest BCUT2D eigenvalue weighted by atomic mass is 16.6. The minimum absolute atomic E-state index is 0.106. The first-order chi connectivity index (χ1) is 33.5. The molecule has 388 valence electrons. The SMILES string of the molecule is CC/C=C/C/C=C/C/C=C/C/C=C/C/C=C/CCCC(=O)O[C@H](COC(=O)CCCCCCC/C=C/C/C=C/CCCC)COC(=O)CCCCCCCCCCC/C=C/CCCCCCCC. The van der Waals surface area contributed by atoms with E-state index in [2.05, 4.69) is 118 Å². The summed E-state index contributed by atoms with van der Waals surface area (Å²) >= 11 is 0. The molecule has 0 fully saturated rings. The first-order valence-electron chi connectivity index (χ1n) is 28.2. The van der Waals surface area contributed by atoms with Crippen molar-refractivity contribution in [2.45, 2.75) is 264 Å². The zero-order valence-corrected chi connectivity index (χ0v) is 44.3. The van der Waals surface area contributed by atoms with Crippen LogP contribution in [0.4, 0.5) is 0 Å². The van der Waals surface area contributed by atoms with Crippen LogP contribution in [0.1, 0.15) is 258 Å². The van der Waals surface area contributed by atoms with Gasteiger partial charge in [-0.15, -0.1) is 0 Å². The monoisotopic (exact) mass is 945 g/mol. The van der Waals surface area contributed by atoms with Gasteiger partial charge in [-0.3, -0.25) is 14.4 Å². The highest BCUT2D eigenvalue weighted by Gasteiger charge is 2.19. The van der Waals surface area contributed by atoms with Gasteiger partial charge in [0.15, 0.2) is 6.10 Å². The fraction of sp³-hybridized carbons (Fsp3) is 0.694. The summed E-state index contributed by atoms with van der Waals surface area (Å²) < 4.78 is 16.8. The third-order valence-corrected chi connectivity index (χ3v) is 11.8. The Morgan fingerprint density at radius 2 is 0.603 bits per heavy atom. The predicted octanol–water partition coefficient (Wildman–Crippen LogP) is 18.9. The Hall–Kier alpha value is -3.67. The highest BCUT2D eigenvalue weighted by Crippen LogP contribution is 2.14. The van der Waals surface area contributed by atoms with E-state index in [1.807, 2.05) is 0 Å². The molecule has 0 unspecified atom stereocenters. The summed E-state index contributed by atoms with van der Waals surface area (Å²) in [5, 5.41) is 0. The molecule has 0 N–H and O–H groups in total. The van der Waals surface area contributed by atoms with Crippen LogP contribution in [0.15, 0.2) is 97.2 Å². The molecule has 0 aliphatic heterocycles. The van der Waals surface area contributed by atoms with Gasteiger partial charge in [0.1, 0.15) is 13.2 Å². The Balaban J connectivity index is 4.48. The molecule has 0 saturated carbocycles. The van der Waals surface area contributed by atoms with Crippen LogP contribution in [0, 0.1) is 0 Å². The van der Waals surface area contributed by atoms with Gasteiger partial charge in [0.05, 0.1) is 0 Å². The molecule has 0 heterocycles. The molecule has 0 aromatic carbocycles. The molecule has 6 nitrogen and oxygen atoms in total. The third-order valence-electron chi connectivity index (χ3n) is 11.8. The number of carbonyl (C=O) groups is 3. The van der Waals surface area contributed by atoms with E-state index in [0.717, 1.165) is 103 Å². The average Bonchev–Trinajstić information content (AvgIpc) is 3.34. The van der Waals surface area contributed by atoms with Crippen LogP contribution in [-0.4, -0.2) is 37.2 Å². The molecule has 0 amide bonds. The Labute approximate surface area is 419 Å². The summed E-state index contributed by atoms with van der Waals surface area (Å²) in [6.45, 7) is 6.43. The Bertz CT molecular complexity index is 1360. The minimum Gasteiger partial charge on any atom is -0.462 e. The van der Waals surface area contributed by atoms with Crippen LogP contribution < -0.4 is 0 Å². The molecule has 0 spiro atoms. The van der Waals surface area contributed by atoms with Gasteiger partial charge < -0.3 is 14.2 Å². The van der Waals surface area contributed by atoms with E-state index in [0.29, 0.717) is 19.3 Å². The number of hydrogen-bond acceptors (Lipinski definition) is 6. The summed E-state index contributed by atoms with van der Waals surface area (Å²) in [4.78, 5) is 38.1. The van der Waals surface area contributed by atoms with Crippen molar-refractivity contribution in [3.63, 3.8) is 0 Å². The van der Waals surface area contributed by atoms with Crippen molar-refractivity contribution in [1.29, 1.82) is 0 Å². The molecule has 0 aliphatic rings. The lowest BCUT2D eigenvalue weighted by molar-refractivity contribution is -0.167. The lowest BCUT2D eigenvalue weighted by Gasteiger charge is -2.18. The molecule has 0 aliphatic carbocycles. The Morgan fingerprint density at radius 3 is 1.00 bits per heavy atom. The van der Waals surface area contributed by atoms with Crippen molar-refractivity contribution in [2.24, 2.45) is 0 Å². The van der Waals surface area contributed by atoms with Crippen molar-refractivity contribution in [2.75, 3.05) is 13.2 Å². The molecule has 68 heavy (non-hydrogen) atoms. The van der Waals surface area contributed by atoms with Crippen LogP contribution in [0.5, 0.6) is 0 Å². The van der Waals surface area contributed by atoms with Crippen LogP contribution >= 0.6 is 0 Å². The number of carbonyl (C=O) groups excluding carboxylic acids is 3. The topological polar surface area (TPSA) is 78.9 Å². The minimum atomic E-state index is -0.815. The molecule has 0 aromatic heterocycles. The van der Waals surface area contributed by atoms with E-state index in [4.69, 9.17) is 14.2 Å². The maximum atomic E-state index is 12.8. The zero-order valence-electron chi connectivity index (χ0n) is 44.3. The Morgan fingerprint density at radius 1 is 0.309 bits per heavy atom. The summed E-state index contributed by atoms with van der Waals surface area (Å²) in [6, 6.07) is 0. The van der Waals surface area contributed by atoms with Crippen molar-refractivity contribution in [3.05, 3.63) is 97.2 Å². The molecule has 0 rings (SSSR count). The van der Waals surface area contributed by atoms with E-state index < -0.39 is 6.10 Å². The van der Waals surface area contributed by atoms with Crippen molar-refractivity contribution in [3.8, 4) is 0 Å². The van der Waals surface area contributed by atoms with E-state index in [-0.39, 0.29) is 37.5 Å². The van der Waals surface area contributed by atoms with Crippen molar-refractivity contribution >= 4 is 17.9 Å². The van der Waals surface area contributed by atoms with E-state index in [1.54, 1.807) is 0 Å². The largest absolute Gasteiger partial charge is 0.462 e. The van der Waals surface area contributed by atoms with Gasteiger partial charge >= 0.3 is 17.9 Å². The molecular formula is C62H104O6. The number of hydrogen-bond donors (Lipinski definition) is 0. The van der Waals surface area contributed by atoms with Gasteiger partial charge in [-0.1, -0.05) is 227 Å². The van der Waals surface area contributed by atoms with Crippen LogP contribution in [0.2, 0.25) is 0 Å². The zero-order chi connectivity index (χ0) is 49.3. The van der Waals surface area contributed by atoms with E-state index >= 15 is 0 Å². The molecule has 0 aromatic rings. The average molecular weight is 946 g/mol. The fourth-order valence-electron chi connectivity index (χ4n) is 7.55. The van der Waals surface area contributed by atoms with Crippen molar-refractivity contribution in [1.82, 2.24) is 0 Å². The smallest absolute Gasteiger partial charge is 0.306 e. The fourth-order valence-corrected chi connectivity index (χ4v) is 7.55. The number of allylic oxidation sites excluding steroid dienone is 16. The molecular weight excluding hydrogens is 841 g/mol. The second-order valence-electron chi connectivity index (χ2n) is 18.5. The first-order valence-corrected chi connectivity index (χ1v) is 28.2. The normalized spacial score (nSPS) is 12.8. The lowest BCUT2D eigenvalue weighted by atomic mass is 10.1. The molecule has 0 saturated heterocycles. The predicted molar refractivity (Wildman–Crippen MR) is 293 cm³/mol. The summed E-state index contributed by atoms with van der Waals surface area (Å²) in [5.41, 5.74) is 0. The molecule has 0 bridgehead atoms. The Kier molecular flexibility index (Phi) is 52.9. The van der Waals surface area contributed by atoms with Crippen molar-refractivity contribution < 1.29 is 28.6 Å². The van der Waals surface area contributed by atoms with Gasteiger partial charge in [-0.2, -0.15) is 0 Å². The van der Waals surface area contributed by atoms with Crippen LogP contribution in [0.25, 0.3) is 0 Å². The summed E-state index contributed by atoms with van der Waals surface area (Å²) in [7, 11) is 0. The number of ether oxygens (including phenoxy) is 3. The number of unbranched alkanes of at least 4 members (excludes halogenated alkanes) is 23. The number of esters is 3. The second kappa shape index (κ2) is 55.9. The first kappa shape index (κ1) is 64.3. The summed E-state index contributed by atoms with van der Waals surface area (Å²) in [5.74, 6) is -0.980. The van der Waals surface area contributed by atoms with E-state index in [9.17, 15) is 14.4 Å². The lowest BCUT2D eigenvalue weighted by Crippen LogP contribution is -2.30. The quantitative estimate of drug-likeness (QED) is 0.0262. The standard InChI is InChI=1S/C62H104O6/c1-4-7-10-13-16-19-22-25-28-30-31-33-34-37-40-43-46-49-52-55-61(64)67-58-59(57-66-60(63)54-51-48-45-42-39-36-27-24-21-18-15-12-9-6-3)68-62(65)56-53-50-47-44-41-38-35-32-29-26-23-20-17-14-11-8-5-2/h8,11,15,17-18,20,24-29,35,38,44,47,59H,4-7,9-10,12-14,16,19,21-23,30-34,36-37,39-43,45-46,48-58H2,1-3H3/b11-8+,18-15+,20-17+,27-24+,28-25+,29-26+,38-35+,47-44+/t59-/m1/s1. The number of rotatable bonds is 50. The van der Waals surface area contributed by atoms with Crippen LogP contribution in [-0.2, 0) is 28.6 Å². The van der Waals surface area contributed by atoms with E-state index in [1.165, 1.54) is 109 Å². The highest BCUT2D eigenvalue weighted by molar-refractivity contribution is 5.71. The van der Waals surface area contributed by atoms with Gasteiger partial charge in [-0.25, -0.2) is 0 Å². The third kappa shape index (κ3) is 53.3. The second-order valence-corrected chi connectivity index (χ2v) is 18.5. The maximum absolute atomic E-state index is 12.8. The molecule has 6 heteroatoms. The summed E-state index contributed by atoms with van der Waals surface area (Å²) in [6.07, 6.45) is 74.0. The van der Waals surface area contributed by atoms with Gasteiger partial charge in [0, 0.05) is 19.3 Å². The van der Waals surface area contributed by atoms with Crippen LogP contribution in [0.3, 0.4) is 0 Å². The van der Waals surface area contributed by atoms with Gasteiger partial charge in [0.25, 0.3) is 0 Å². The molecule has 1 atom stereocenters. The van der Waals surface area contributed by atoms with Gasteiger partial charge in [-0.05, 0) is 109 Å². The van der Waals surface area contributed by atoms with Gasteiger partial charge in [0.2, 0.25) is 0 Å². The molecule has 0 radical (unpaired) electrons.